The van der Waals surface area contributed by atoms with Crippen molar-refractivity contribution in [2.75, 3.05) is 6.54 Å². The summed E-state index contributed by atoms with van der Waals surface area (Å²) in [7, 11) is 0. The van der Waals surface area contributed by atoms with E-state index in [1.807, 2.05) is 30.3 Å². The Morgan fingerprint density at radius 1 is 1.17 bits per heavy atom. The number of carboxylic acids is 2. The molecule has 1 atom stereocenters. The average molecular weight is 340 g/mol. The summed E-state index contributed by atoms with van der Waals surface area (Å²) in [5, 5.41) is 19.1. The van der Waals surface area contributed by atoms with E-state index in [4.69, 9.17) is 14.9 Å². The van der Waals surface area contributed by atoms with Crippen LogP contribution in [0, 0.1) is 0 Å². The van der Waals surface area contributed by atoms with Crippen LogP contribution in [0.2, 0.25) is 0 Å². The lowest BCUT2D eigenvalue weighted by Crippen LogP contribution is -2.44. The second-order valence-corrected chi connectivity index (χ2v) is 5.82. The lowest BCUT2D eigenvalue weighted by molar-refractivity contribution is -0.139. The van der Waals surface area contributed by atoms with E-state index in [1.165, 1.54) is 0 Å². The van der Waals surface area contributed by atoms with E-state index >= 15 is 0 Å². The van der Waals surface area contributed by atoms with E-state index in [9.17, 15) is 14.4 Å². The first-order chi connectivity index (χ1) is 11.0. The van der Waals surface area contributed by atoms with Gasteiger partial charge in [0.1, 0.15) is 11.6 Å². The number of carboxylic acid groups (broad SMARTS) is 2. The molecule has 0 aliphatic rings. The molecule has 0 bridgehead atoms. The quantitative estimate of drug-likeness (QED) is 0.632. The van der Waals surface area contributed by atoms with Gasteiger partial charge in [-0.25, -0.2) is 9.59 Å². The van der Waals surface area contributed by atoms with Gasteiger partial charge in [0.25, 0.3) is 0 Å². The van der Waals surface area contributed by atoms with Crippen molar-refractivity contribution in [3.05, 3.63) is 35.9 Å². The van der Waals surface area contributed by atoms with Gasteiger partial charge >= 0.3 is 18.0 Å². The van der Waals surface area contributed by atoms with Crippen molar-refractivity contribution in [2.45, 2.75) is 38.8 Å². The molecule has 0 aliphatic carbocycles. The van der Waals surface area contributed by atoms with E-state index in [0.717, 1.165) is 5.56 Å². The van der Waals surface area contributed by atoms with Gasteiger partial charge in [0.05, 0.1) is 6.54 Å². The number of ether oxygens (including phenoxy) is 1. The van der Waals surface area contributed by atoms with Gasteiger partial charge in [-0.05, 0) is 26.3 Å². The third-order valence-corrected chi connectivity index (χ3v) is 2.45. The minimum atomic E-state index is -1.09. The van der Waals surface area contributed by atoms with Gasteiger partial charge in [0, 0.05) is 6.42 Å². The fourth-order valence-electron chi connectivity index (χ4n) is 1.50. The van der Waals surface area contributed by atoms with E-state index in [2.05, 4.69) is 11.1 Å². The number of benzene rings is 1. The zero-order chi connectivity index (χ0) is 18.8. The fraction of sp³-hybridized carbons (Fsp3) is 0.438. The first-order valence-corrected chi connectivity index (χ1v) is 7.23. The zero-order valence-corrected chi connectivity index (χ0v) is 14.0. The molecule has 5 N–H and O–H groups in total. The van der Waals surface area contributed by atoms with Crippen molar-refractivity contribution >= 4 is 18.0 Å². The largest absolute Gasteiger partial charge is 0.480 e. The SMILES string of the molecule is CC(C)(C)OC(=O)N[C@@H](Cc1ccccc1)C(=O)O.NCC(=O)O. The Morgan fingerprint density at radius 2 is 1.67 bits per heavy atom. The molecule has 1 aromatic rings. The molecule has 1 amide bonds. The number of aliphatic carboxylic acids is 2. The number of hydrogen-bond donors (Lipinski definition) is 4. The molecule has 0 fully saturated rings. The maximum Gasteiger partial charge on any atom is 0.408 e. The van der Waals surface area contributed by atoms with Crippen molar-refractivity contribution in [3.63, 3.8) is 0 Å². The minimum absolute atomic E-state index is 0.218. The molecule has 134 valence electrons. The van der Waals surface area contributed by atoms with Crippen LogP contribution in [0.1, 0.15) is 26.3 Å². The molecule has 0 aromatic heterocycles. The van der Waals surface area contributed by atoms with E-state index < -0.39 is 29.7 Å². The second-order valence-electron chi connectivity index (χ2n) is 5.82. The highest BCUT2D eigenvalue weighted by atomic mass is 16.6. The van der Waals surface area contributed by atoms with Crippen molar-refractivity contribution in [1.82, 2.24) is 5.32 Å². The summed E-state index contributed by atoms with van der Waals surface area (Å²) in [6, 6.07) is 8.11. The normalized spacial score (nSPS) is 11.5. The van der Waals surface area contributed by atoms with Gasteiger partial charge in [0.15, 0.2) is 0 Å². The summed E-state index contributed by atoms with van der Waals surface area (Å²) in [5.41, 5.74) is 4.76. The number of amides is 1. The van der Waals surface area contributed by atoms with Crippen molar-refractivity contribution < 1.29 is 29.3 Å². The van der Waals surface area contributed by atoms with Crippen LogP contribution in [-0.4, -0.2) is 46.4 Å². The Hall–Kier alpha value is -2.61. The Balaban J connectivity index is 0.000000922. The van der Waals surface area contributed by atoms with Crippen LogP contribution in [0.25, 0.3) is 0 Å². The van der Waals surface area contributed by atoms with Crippen LogP contribution in [0.4, 0.5) is 4.79 Å². The highest BCUT2D eigenvalue weighted by molar-refractivity contribution is 5.80. The smallest absolute Gasteiger partial charge is 0.408 e. The number of rotatable bonds is 5. The van der Waals surface area contributed by atoms with Gasteiger partial charge < -0.3 is 26.0 Å². The van der Waals surface area contributed by atoms with Crippen molar-refractivity contribution in [2.24, 2.45) is 5.73 Å². The molecule has 0 heterocycles. The zero-order valence-electron chi connectivity index (χ0n) is 14.0. The third-order valence-electron chi connectivity index (χ3n) is 2.45. The monoisotopic (exact) mass is 340 g/mol. The number of nitrogens with two attached hydrogens (primary N) is 1. The minimum Gasteiger partial charge on any atom is -0.480 e. The number of nitrogens with one attached hydrogen (secondary N) is 1. The standard InChI is InChI=1S/C14H19NO4.C2H5NO2/c1-14(2,3)19-13(18)15-11(12(16)17)9-10-7-5-4-6-8-10;3-1-2(4)5/h4-8,11H,9H2,1-3H3,(H,15,18)(H,16,17);1,3H2,(H,4,5)/t11-;/m0./s1. The summed E-state index contributed by atoms with van der Waals surface area (Å²) in [5.74, 6) is -2.06. The van der Waals surface area contributed by atoms with Crippen LogP contribution >= 0.6 is 0 Å². The van der Waals surface area contributed by atoms with Crippen LogP contribution in [0.5, 0.6) is 0 Å². The number of hydrogen-bond acceptors (Lipinski definition) is 5. The summed E-state index contributed by atoms with van der Waals surface area (Å²) in [6.45, 7) is 4.89. The van der Waals surface area contributed by atoms with E-state index in [1.54, 1.807) is 20.8 Å². The van der Waals surface area contributed by atoms with Gasteiger partial charge in [-0.15, -0.1) is 0 Å². The molecular formula is C16H24N2O6. The highest BCUT2D eigenvalue weighted by Crippen LogP contribution is 2.08. The van der Waals surface area contributed by atoms with Crippen molar-refractivity contribution in [3.8, 4) is 0 Å². The molecule has 0 saturated heterocycles. The van der Waals surface area contributed by atoms with Gasteiger partial charge in [-0.1, -0.05) is 30.3 Å². The van der Waals surface area contributed by atoms with Crippen LogP contribution in [-0.2, 0) is 20.7 Å². The second kappa shape index (κ2) is 10.2. The first-order valence-electron chi connectivity index (χ1n) is 7.23. The van der Waals surface area contributed by atoms with Gasteiger partial charge in [-0.3, -0.25) is 4.79 Å². The predicted molar refractivity (Wildman–Crippen MR) is 87.6 cm³/mol. The van der Waals surface area contributed by atoms with Crippen LogP contribution in [0.15, 0.2) is 30.3 Å². The first kappa shape index (κ1) is 21.4. The average Bonchev–Trinajstić information content (AvgIpc) is 2.46. The Morgan fingerprint density at radius 3 is 2.04 bits per heavy atom. The van der Waals surface area contributed by atoms with Gasteiger partial charge in [0.2, 0.25) is 0 Å². The lowest BCUT2D eigenvalue weighted by atomic mass is 10.1. The van der Waals surface area contributed by atoms with E-state index in [-0.39, 0.29) is 13.0 Å². The Labute approximate surface area is 140 Å². The molecule has 0 aliphatic heterocycles. The summed E-state index contributed by atoms with van der Waals surface area (Å²) in [4.78, 5) is 31.9. The maximum absolute atomic E-state index is 11.6. The maximum atomic E-state index is 11.6. The third kappa shape index (κ3) is 11.0. The number of carbonyl (C=O) groups excluding carboxylic acids is 1. The van der Waals surface area contributed by atoms with E-state index in [0.29, 0.717) is 0 Å². The molecule has 0 unspecified atom stereocenters. The fourth-order valence-corrected chi connectivity index (χ4v) is 1.50. The topological polar surface area (TPSA) is 139 Å². The molecule has 1 rings (SSSR count). The molecule has 8 heteroatoms. The lowest BCUT2D eigenvalue weighted by Gasteiger charge is -2.22. The van der Waals surface area contributed by atoms with Crippen molar-refractivity contribution in [1.29, 1.82) is 0 Å². The molecule has 0 spiro atoms. The van der Waals surface area contributed by atoms with Crippen LogP contribution in [0.3, 0.4) is 0 Å². The van der Waals surface area contributed by atoms with Crippen LogP contribution < -0.4 is 11.1 Å². The summed E-state index contributed by atoms with van der Waals surface area (Å²) < 4.78 is 5.04. The molecule has 1 aromatic carbocycles. The molecule has 0 saturated carbocycles. The molecular weight excluding hydrogens is 316 g/mol. The molecule has 24 heavy (non-hydrogen) atoms. The summed E-state index contributed by atoms with van der Waals surface area (Å²) in [6.07, 6.45) is -0.508. The predicted octanol–water partition coefficient (Wildman–Crippen LogP) is 1.24. The van der Waals surface area contributed by atoms with Gasteiger partial charge in [-0.2, -0.15) is 0 Å². The number of alkyl carbamates (subject to hydrolysis) is 1. The summed E-state index contributed by atoms with van der Waals surface area (Å²) >= 11 is 0. The molecule has 8 nitrogen and oxygen atoms in total. The Bertz CT molecular complexity index is 539. The number of carbonyl (C=O) groups is 3. The Kier molecular flexibility index (Phi) is 9.11. The highest BCUT2D eigenvalue weighted by Gasteiger charge is 2.24. The molecule has 0 radical (unpaired) electrons.